The van der Waals surface area contributed by atoms with Crippen LogP contribution in [-0.4, -0.2) is 40.9 Å². The van der Waals surface area contributed by atoms with Crippen molar-refractivity contribution in [1.82, 2.24) is 4.57 Å². The maximum atomic E-state index is 14.8. The van der Waals surface area contributed by atoms with E-state index in [2.05, 4.69) is 0 Å². The van der Waals surface area contributed by atoms with Gasteiger partial charge in [0, 0.05) is 24.8 Å². The van der Waals surface area contributed by atoms with E-state index in [1.54, 1.807) is 4.57 Å². The highest BCUT2D eigenvalue weighted by molar-refractivity contribution is 5.97. The predicted molar refractivity (Wildman–Crippen MR) is 90.1 cm³/mol. The normalized spacial score (nSPS) is 24.8. The first-order valence-electron chi connectivity index (χ1n) is 8.11. The summed E-state index contributed by atoms with van der Waals surface area (Å²) in [4.78, 5) is 25.7. The number of halogens is 1. The van der Waals surface area contributed by atoms with Gasteiger partial charge in [0.15, 0.2) is 11.6 Å². The number of ether oxygens (including phenoxy) is 1. The molecule has 132 valence electrons. The van der Waals surface area contributed by atoms with Crippen molar-refractivity contribution in [1.29, 1.82) is 0 Å². The fourth-order valence-electron chi connectivity index (χ4n) is 3.57. The SMILES string of the molecule is C[C@@H]1[C@@H](N)CN1c1c(F)cc2c(=O)c(C(=O)O)cn3c2c1OC[C@@H]3C. The second-order valence-corrected chi connectivity index (χ2v) is 6.73. The molecule has 0 unspecified atom stereocenters. The van der Waals surface area contributed by atoms with Crippen LogP contribution in [0.1, 0.15) is 30.2 Å². The highest BCUT2D eigenvalue weighted by Crippen LogP contribution is 2.44. The lowest BCUT2D eigenvalue weighted by Gasteiger charge is -2.47. The summed E-state index contributed by atoms with van der Waals surface area (Å²) in [5.74, 6) is -1.66. The molecule has 0 aliphatic carbocycles. The third kappa shape index (κ3) is 2.07. The number of aromatic nitrogens is 1. The maximum Gasteiger partial charge on any atom is 0.341 e. The van der Waals surface area contributed by atoms with Gasteiger partial charge in [-0.25, -0.2) is 9.18 Å². The van der Waals surface area contributed by atoms with Crippen LogP contribution in [-0.2, 0) is 0 Å². The van der Waals surface area contributed by atoms with Crippen LogP contribution in [0.2, 0.25) is 0 Å². The first-order valence-corrected chi connectivity index (χ1v) is 8.11. The van der Waals surface area contributed by atoms with Crippen LogP contribution in [0.15, 0.2) is 17.1 Å². The Morgan fingerprint density at radius 1 is 1.44 bits per heavy atom. The Hall–Kier alpha value is -2.61. The van der Waals surface area contributed by atoms with E-state index in [0.29, 0.717) is 12.1 Å². The van der Waals surface area contributed by atoms with Crippen molar-refractivity contribution < 1.29 is 19.0 Å². The Morgan fingerprint density at radius 3 is 2.76 bits per heavy atom. The third-order valence-electron chi connectivity index (χ3n) is 5.18. The van der Waals surface area contributed by atoms with Gasteiger partial charge in [-0.3, -0.25) is 4.79 Å². The Morgan fingerprint density at radius 2 is 2.16 bits per heavy atom. The first kappa shape index (κ1) is 15.9. The van der Waals surface area contributed by atoms with Gasteiger partial charge in [-0.05, 0) is 19.9 Å². The summed E-state index contributed by atoms with van der Waals surface area (Å²) in [5, 5.41) is 9.30. The average molecular weight is 347 g/mol. The van der Waals surface area contributed by atoms with E-state index in [0.717, 1.165) is 6.07 Å². The van der Waals surface area contributed by atoms with Crippen molar-refractivity contribution in [3.05, 3.63) is 33.9 Å². The van der Waals surface area contributed by atoms with Crippen LogP contribution in [0.3, 0.4) is 0 Å². The van der Waals surface area contributed by atoms with Crippen molar-refractivity contribution >= 4 is 22.6 Å². The van der Waals surface area contributed by atoms with Crippen molar-refractivity contribution in [3.63, 3.8) is 0 Å². The van der Waals surface area contributed by atoms with Gasteiger partial charge in [-0.15, -0.1) is 0 Å². The summed E-state index contributed by atoms with van der Waals surface area (Å²) in [6.07, 6.45) is 1.32. The second-order valence-electron chi connectivity index (χ2n) is 6.73. The number of pyridine rings is 1. The molecule has 1 fully saturated rings. The smallest absolute Gasteiger partial charge is 0.341 e. The second kappa shape index (κ2) is 5.19. The van der Waals surface area contributed by atoms with Gasteiger partial charge in [-0.2, -0.15) is 0 Å². The highest BCUT2D eigenvalue weighted by Gasteiger charge is 2.38. The lowest BCUT2D eigenvalue weighted by atomic mass is 9.96. The molecular weight excluding hydrogens is 329 g/mol. The van der Waals surface area contributed by atoms with Gasteiger partial charge in [0.2, 0.25) is 5.43 Å². The van der Waals surface area contributed by atoms with Crippen LogP contribution >= 0.6 is 0 Å². The van der Waals surface area contributed by atoms with Crippen LogP contribution < -0.4 is 20.8 Å². The third-order valence-corrected chi connectivity index (χ3v) is 5.18. The lowest BCUT2D eigenvalue weighted by Crippen LogP contribution is -2.63. The van der Waals surface area contributed by atoms with Gasteiger partial charge < -0.3 is 25.0 Å². The molecule has 7 nitrogen and oxygen atoms in total. The molecule has 2 aliphatic rings. The molecule has 0 saturated carbocycles. The Kier molecular flexibility index (Phi) is 3.30. The molecule has 0 amide bonds. The fourth-order valence-corrected chi connectivity index (χ4v) is 3.57. The van der Waals surface area contributed by atoms with Crippen molar-refractivity contribution in [2.75, 3.05) is 18.1 Å². The number of carboxylic acids is 1. The molecule has 0 radical (unpaired) electrons. The predicted octanol–water partition coefficient (Wildman–Crippen LogP) is 1.33. The van der Waals surface area contributed by atoms with Gasteiger partial charge in [-0.1, -0.05) is 0 Å². The summed E-state index contributed by atoms with van der Waals surface area (Å²) >= 11 is 0. The lowest BCUT2D eigenvalue weighted by molar-refractivity contribution is 0.0694. The number of carbonyl (C=O) groups is 1. The molecule has 8 heteroatoms. The molecule has 1 aromatic heterocycles. The minimum Gasteiger partial charge on any atom is -0.487 e. The van der Waals surface area contributed by atoms with E-state index < -0.39 is 17.2 Å². The number of benzene rings is 1. The first-order chi connectivity index (χ1) is 11.8. The van der Waals surface area contributed by atoms with Crippen LogP contribution in [0.25, 0.3) is 10.9 Å². The van der Waals surface area contributed by atoms with E-state index in [-0.39, 0.29) is 47.1 Å². The summed E-state index contributed by atoms with van der Waals surface area (Å²) in [5.41, 5.74) is 5.54. The molecule has 25 heavy (non-hydrogen) atoms. The molecule has 4 rings (SSSR count). The van der Waals surface area contributed by atoms with Gasteiger partial charge in [0.25, 0.3) is 0 Å². The van der Waals surface area contributed by atoms with Crippen molar-refractivity contribution in [3.8, 4) is 5.75 Å². The Labute approximate surface area is 142 Å². The summed E-state index contributed by atoms with van der Waals surface area (Å²) in [6, 6.07) is 0.825. The molecule has 0 bridgehead atoms. The number of nitrogens with two attached hydrogens (primary N) is 1. The minimum absolute atomic E-state index is 0.0141. The molecule has 0 spiro atoms. The number of nitrogens with zero attached hydrogens (tertiary/aromatic N) is 2. The number of hydrogen-bond acceptors (Lipinski definition) is 5. The molecule has 2 aliphatic heterocycles. The number of aromatic carboxylic acids is 1. The summed E-state index contributed by atoms with van der Waals surface area (Å²) in [7, 11) is 0. The molecule has 3 atom stereocenters. The van der Waals surface area contributed by atoms with Gasteiger partial charge in [0.05, 0.1) is 16.9 Å². The van der Waals surface area contributed by atoms with Gasteiger partial charge in [0.1, 0.15) is 17.9 Å². The fraction of sp³-hybridized carbons (Fsp3) is 0.412. The topological polar surface area (TPSA) is 97.8 Å². The van der Waals surface area contributed by atoms with E-state index in [9.17, 15) is 19.1 Å². The van der Waals surface area contributed by atoms with E-state index in [1.807, 2.05) is 18.7 Å². The molecular formula is C17H18FN3O4. The Balaban J connectivity index is 2.07. The van der Waals surface area contributed by atoms with Crippen molar-refractivity contribution in [2.45, 2.75) is 32.0 Å². The van der Waals surface area contributed by atoms with E-state index in [4.69, 9.17) is 10.5 Å². The van der Waals surface area contributed by atoms with Crippen LogP contribution in [0, 0.1) is 5.82 Å². The molecule has 1 aromatic carbocycles. The minimum atomic E-state index is -1.33. The zero-order valence-electron chi connectivity index (χ0n) is 13.8. The summed E-state index contributed by atoms with van der Waals surface area (Å²) in [6.45, 7) is 4.50. The number of anilines is 1. The monoisotopic (exact) mass is 347 g/mol. The van der Waals surface area contributed by atoms with E-state index >= 15 is 0 Å². The molecule has 3 heterocycles. The summed E-state index contributed by atoms with van der Waals surface area (Å²) < 4.78 is 22.3. The van der Waals surface area contributed by atoms with E-state index in [1.165, 1.54) is 6.20 Å². The average Bonchev–Trinajstić information content (AvgIpc) is 2.57. The molecule has 3 N–H and O–H groups in total. The standard InChI is InChI=1S/C17H18FN3O4/c1-7-6-25-16-13-9(15(22)10(17(23)24)4-20(7)13)3-11(18)14(16)21-5-12(19)8(21)2/h3-4,7-8,12H,5-6,19H2,1-2H3,(H,23,24)/t7-,8+,12-/m0/s1. The quantitative estimate of drug-likeness (QED) is 0.850. The number of hydrogen-bond donors (Lipinski definition) is 2. The van der Waals surface area contributed by atoms with Crippen molar-refractivity contribution in [2.24, 2.45) is 5.73 Å². The largest absolute Gasteiger partial charge is 0.487 e. The zero-order valence-corrected chi connectivity index (χ0v) is 13.8. The van der Waals surface area contributed by atoms with Gasteiger partial charge >= 0.3 is 5.97 Å². The number of rotatable bonds is 2. The molecule has 2 aromatic rings. The Bertz CT molecular complexity index is 971. The van der Waals surface area contributed by atoms with Crippen LogP contribution in [0.4, 0.5) is 10.1 Å². The number of carboxylic acid groups (broad SMARTS) is 1. The van der Waals surface area contributed by atoms with Crippen LogP contribution in [0.5, 0.6) is 5.75 Å². The maximum absolute atomic E-state index is 14.8. The zero-order chi connectivity index (χ0) is 18.0. The molecule has 1 saturated heterocycles. The highest BCUT2D eigenvalue weighted by atomic mass is 19.1.